The minimum Gasteiger partial charge on any atom is -0.468 e. The van der Waals surface area contributed by atoms with Crippen LogP contribution in [0.5, 0.6) is 0 Å². The highest BCUT2D eigenvalue weighted by Crippen LogP contribution is 2.28. The predicted molar refractivity (Wildman–Crippen MR) is 81.4 cm³/mol. The highest BCUT2D eigenvalue weighted by Gasteiger charge is 2.23. The number of pyridine rings is 1. The Morgan fingerprint density at radius 3 is 2.90 bits per heavy atom. The van der Waals surface area contributed by atoms with Crippen molar-refractivity contribution in [3.8, 4) is 0 Å². The quantitative estimate of drug-likeness (QED) is 0.655. The van der Waals surface area contributed by atoms with E-state index in [9.17, 15) is 4.79 Å². The molecule has 5 nitrogen and oxygen atoms in total. The van der Waals surface area contributed by atoms with Gasteiger partial charge in [-0.05, 0) is 18.2 Å². The molecule has 0 saturated heterocycles. The van der Waals surface area contributed by atoms with Crippen molar-refractivity contribution < 1.29 is 14.3 Å². The molecule has 6 heteroatoms. The number of nitrogens with one attached hydrogen (secondary N) is 1. The Bertz CT molecular complexity index is 633. The van der Waals surface area contributed by atoms with Crippen molar-refractivity contribution in [1.82, 2.24) is 10.3 Å². The van der Waals surface area contributed by atoms with E-state index in [0.717, 1.165) is 10.9 Å². The molecule has 1 atom stereocenters. The van der Waals surface area contributed by atoms with Crippen LogP contribution < -0.4 is 5.32 Å². The number of hydrogen-bond donors (Lipinski definition) is 1. The van der Waals surface area contributed by atoms with Crippen LogP contribution in [-0.4, -0.2) is 38.3 Å². The van der Waals surface area contributed by atoms with Crippen LogP contribution in [0.15, 0.2) is 30.5 Å². The molecule has 112 valence electrons. The zero-order chi connectivity index (χ0) is 15.2. The number of methoxy groups -OCH3 is 2. The van der Waals surface area contributed by atoms with E-state index >= 15 is 0 Å². The van der Waals surface area contributed by atoms with E-state index in [-0.39, 0.29) is 5.97 Å². The maximum Gasteiger partial charge on any atom is 0.327 e. The van der Waals surface area contributed by atoms with Crippen LogP contribution in [0.25, 0.3) is 10.9 Å². The first-order valence-electron chi connectivity index (χ1n) is 6.52. The number of esters is 1. The summed E-state index contributed by atoms with van der Waals surface area (Å²) in [6, 6.07) is 6.62. The van der Waals surface area contributed by atoms with Crippen LogP contribution in [0.1, 0.15) is 11.6 Å². The number of halogens is 1. The summed E-state index contributed by atoms with van der Waals surface area (Å²) in [5.74, 6) is -0.375. The summed E-state index contributed by atoms with van der Waals surface area (Å²) >= 11 is 6.18. The molecule has 1 N–H and O–H groups in total. The van der Waals surface area contributed by atoms with Gasteiger partial charge in [0, 0.05) is 35.8 Å². The Hall–Kier alpha value is -1.69. The fourth-order valence-corrected chi connectivity index (χ4v) is 2.35. The molecule has 2 rings (SSSR count). The van der Waals surface area contributed by atoms with Crippen molar-refractivity contribution in [1.29, 1.82) is 0 Å². The zero-order valence-corrected chi connectivity index (χ0v) is 12.7. The molecule has 1 aromatic carbocycles. The monoisotopic (exact) mass is 308 g/mol. The first-order valence-corrected chi connectivity index (χ1v) is 6.90. The topological polar surface area (TPSA) is 60.5 Å². The number of nitrogens with zero attached hydrogens (tertiary/aromatic N) is 1. The molecule has 0 radical (unpaired) electrons. The lowest BCUT2D eigenvalue weighted by Gasteiger charge is -2.18. The van der Waals surface area contributed by atoms with Gasteiger partial charge in [-0.15, -0.1) is 0 Å². The Balaban J connectivity index is 2.44. The van der Waals surface area contributed by atoms with Gasteiger partial charge in [-0.3, -0.25) is 10.3 Å². The lowest BCUT2D eigenvalue weighted by molar-refractivity contribution is -0.143. The molecule has 0 spiro atoms. The van der Waals surface area contributed by atoms with Gasteiger partial charge in [0.25, 0.3) is 0 Å². The van der Waals surface area contributed by atoms with Crippen LogP contribution >= 0.6 is 11.6 Å². The summed E-state index contributed by atoms with van der Waals surface area (Å²) in [5, 5.41) is 4.52. The molecule has 0 aliphatic heterocycles. The van der Waals surface area contributed by atoms with E-state index in [1.807, 2.05) is 12.1 Å². The summed E-state index contributed by atoms with van der Waals surface area (Å²) < 4.78 is 9.87. The van der Waals surface area contributed by atoms with Gasteiger partial charge < -0.3 is 9.47 Å². The van der Waals surface area contributed by atoms with Gasteiger partial charge in [0.15, 0.2) is 0 Å². The third kappa shape index (κ3) is 3.50. The summed E-state index contributed by atoms with van der Waals surface area (Å²) in [4.78, 5) is 16.4. The third-order valence-corrected chi connectivity index (χ3v) is 3.48. The lowest BCUT2D eigenvalue weighted by atomic mass is 10.0. The van der Waals surface area contributed by atoms with E-state index in [1.54, 1.807) is 25.4 Å². The van der Waals surface area contributed by atoms with E-state index in [1.165, 1.54) is 7.11 Å². The smallest absolute Gasteiger partial charge is 0.327 e. The van der Waals surface area contributed by atoms with Crippen LogP contribution in [-0.2, 0) is 14.3 Å². The summed E-state index contributed by atoms with van der Waals surface area (Å²) in [6.07, 6.45) is 1.67. The second kappa shape index (κ2) is 7.36. The number of carbonyl (C=O) groups excluding carboxylic acids is 1. The average Bonchev–Trinajstić information content (AvgIpc) is 2.52. The van der Waals surface area contributed by atoms with Gasteiger partial charge in [0.1, 0.15) is 6.04 Å². The van der Waals surface area contributed by atoms with E-state index in [4.69, 9.17) is 21.1 Å². The second-order valence-corrected chi connectivity index (χ2v) is 4.85. The van der Waals surface area contributed by atoms with E-state index in [2.05, 4.69) is 10.3 Å². The van der Waals surface area contributed by atoms with Crippen molar-refractivity contribution >= 4 is 28.5 Å². The second-order valence-electron chi connectivity index (χ2n) is 4.44. The third-order valence-electron chi connectivity index (χ3n) is 3.15. The first kappa shape index (κ1) is 15.7. The molecule has 0 fully saturated rings. The average molecular weight is 309 g/mol. The Morgan fingerprint density at radius 1 is 1.38 bits per heavy atom. The standard InChI is InChI=1S/C15H17ClN2O3/c1-20-9-8-18-14(15(19)21-2)11-5-6-12(16)10-4-3-7-17-13(10)11/h3-7,14,18H,8-9H2,1-2H3. The number of hydrogen-bond acceptors (Lipinski definition) is 5. The molecule has 0 saturated carbocycles. The number of rotatable bonds is 6. The van der Waals surface area contributed by atoms with Gasteiger partial charge in [-0.25, -0.2) is 4.79 Å². The number of aromatic nitrogens is 1. The molecule has 0 aliphatic rings. The van der Waals surface area contributed by atoms with Crippen molar-refractivity contribution in [3.63, 3.8) is 0 Å². The Labute approximate surface area is 128 Å². The maximum atomic E-state index is 12.0. The Morgan fingerprint density at radius 2 is 2.19 bits per heavy atom. The van der Waals surface area contributed by atoms with Crippen molar-refractivity contribution in [3.05, 3.63) is 41.0 Å². The fourth-order valence-electron chi connectivity index (χ4n) is 2.14. The van der Waals surface area contributed by atoms with E-state index in [0.29, 0.717) is 23.7 Å². The van der Waals surface area contributed by atoms with Crippen molar-refractivity contribution in [2.45, 2.75) is 6.04 Å². The molecule has 2 aromatic rings. The highest BCUT2D eigenvalue weighted by atomic mass is 35.5. The largest absolute Gasteiger partial charge is 0.468 e. The number of benzene rings is 1. The molecule has 0 bridgehead atoms. The Kier molecular flexibility index (Phi) is 5.50. The minimum atomic E-state index is -0.611. The SMILES string of the molecule is COCCNC(C(=O)OC)c1ccc(Cl)c2cccnc12. The normalized spacial score (nSPS) is 12.3. The van der Waals surface area contributed by atoms with Crippen LogP contribution in [0, 0.1) is 0 Å². The van der Waals surface area contributed by atoms with Gasteiger partial charge in [-0.2, -0.15) is 0 Å². The molecule has 1 unspecified atom stereocenters. The summed E-state index contributed by atoms with van der Waals surface area (Å²) in [6.45, 7) is 1.01. The summed E-state index contributed by atoms with van der Waals surface area (Å²) in [7, 11) is 2.97. The zero-order valence-electron chi connectivity index (χ0n) is 11.9. The number of fused-ring (bicyclic) bond motifs is 1. The van der Waals surface area contributed by atoms with Crippen molar-refractivity contribution in [2.75, 3.05) is 27.4 Å². The van der Waals surface area contributed by atoms with Crippen LogP contribution in [0.3, 0.4) is 0 Å². The molecular formula is C15H17ClN2O3. The fraction of sp³-hybridized carbons (Fsp3) is 0.333. The molecular weight excluding hydrogens is 292 g/mol. The van der Waals surface area contributed by atoms with Gasteiger partial charge in [0.05, 0.1) is 19.2 Å². The highest BCUT2D eigenvalue weighted by molar-refractivity contribution is 6.35. The van der Waals surface area contributed by atoms with Gasteiger partial charge >= 0.3 is 5.97 Å². The van der Waals surface area contributed by atoms with Crippen molar-refractivity contribution in [2.24, 2.45) is 0 Å². The van der Waals surface area contributed by atoms with E-state index < -0.39 is 6.04 Å². The maximum absolute atomic E-state index is 12.0. The van der Waals surface area contributed by atoms with Crippen LogP contribution in [0.2, 0.25) is 5.02 Å². The molecule has 21 heavy (non-hydrogen) atoms. The lowest BCUT2D eigenvalue weighted by Crippen LogP contribution is -2.32. The molecule has 0 aliphatic carbocycles. The molecule has 0 amide bonds. The summed E-state index contributed by atoms with van der Waals surface area (Å²) in [5.41, 5.74) is 1.42. The minimum absolute atomic E-state index is 0.375. The van der Waals surface area contributed by atoms with Gasteiger partial charge in [-0.1, -0.05) is 17.7 Å². The molecule has 1 aromatic heterocycles. The van der Waals surface area contributed by atoms with Gasteiger partial charge in [0.2, 0.25) is 0 Å². The molecule has 1 heterocycles. The predicted octanol–water partition coefficient (Wildman–Crippen LogP) is 2.34. The van der Waals surface area contributed by atoms with Crippen LogP contribution in [0.4, 0.5) is 0 Å². The number of ether oxygens (including phenoxy) is 2. The number of carbonyl (C=O) groups is 1. The first-order chi connectivity index (χ1) is 10.2.